The minimum absolute atomic E-state index is 0.0313. The minimum Gasteiger partial charge on any atom is -0.329 e. The Balaban J connectivity index is 2.22. The van der Waals surface area contributed by atoms with E-state index < -0.39 is 0 Å². The van der Waals surface area contributed by atoms with Gasteiger partial charge in [-0.05, 0) is 50.9 Å². The smallest absolute Gasteiger partial charge is 0.250 e. The van der Waals surface area contributed by atoms with E-state index in [9.17, 15) is 4.79 Å². The van der Waals surface area contributed by atoms with Crippen molar-refractivity contribution >= 4 is 0 Å². The highest BCUT2D eigenvalue weighted by Gasteiger charge is 2.25. The van der Waals surface area contributed by atoms with Crippen LogP contribution in [-0.4, -0.2) is 23.0 Å². The number of aryl methyl sites for hydroxylation is 1. The Morgan fingerprint density at radius 3 is 3.06 bits per heavy atom. The van der Waals surface area contributed by atoms with Crippen molar-refractivity contribution in [1.82, 2.24) is 9.88 Å². The van der Waals surface area contributed by atoms with Crippen LogP contribution in [0, 0.1) is 6.92 Å². The molecular weight excluding hydrogens is 200 g/mol. The van der Waals surface area contributed by atoms with Gasteiger partial charge in [-0.25, -0.2) is 0 Å². The Morgan fingerprint density at radius 1 is 1.56 bits per heavy atom. The van der Waals surface area contributed by atoms with Crippen LogP contribution in [0.15, 0.2) is 17.1 Å². The summed E-state index contributed by atoms with van der Waals surface area (Å²) in [5.74, 6) is 0. The molecule has 0 unspecified atom stereocenters. The average Bonchev–Trinajstić information content (AvgIpc) is 2.71. The molecule has 1 saturated heterocycles. The van der Waals surface area contributed by atoms with Gasteiger partial charge in [-0.1, -0.05) is 6.92 Å². The first-order chi connectivity index (χ1) is 7.72. The maximum atomic E-state index is 11.3. The Bertz CT molecular complexity index is 411. The Kier molecular flexibility index (Phi) is 3.44. The fourth-order valence-corrected chi connectivity index (χ4v) is 2.57. The molecule has 3 heteroatoms. The Labute approximate surface area is 96.5 Å². The van der Waals surface area contributed by atoms with E-state index in [1.807, 2.05) is 19.2 Å². The van der Waals surface area contributed by atoms with Gasteiger partial charge in [0.25, 0.3) is 5.56 Å². The second-order valence-electron chi connectivity index (χ2n) is 4.64. The molecule has 0 saturated carbocycles. The molecule has 1 aromatic heterocycles. The van der Waals surface area contributed by atoms with Crippen LogP contribution in [0.2, 0.25) is 0 Å². The van der Waals surface area contributed by atoms with Crippen molar-refractivity contribution in [2.45, 2.75) is 39.2 Å². The van der Waals surface area contributed by atoms with Gasteiger partial charge in [-0.3, -0.25) is 9.69 Å². The van der Waals surface area contributed by atoms with E-state index in [2.05, 4.69) is 16.8 Å². The van der Waals surface area contributed by atoms with E-state index in [0.717, 1.165) is 12.1 Å². The average molecular weight is 220 g/mol. The van der Waals surface area contributed by atoms with Gasteiger partial charge in [-0.15, -0.1) is 0 Å². The molecule has 0 aliphatic carbocycles. The molecule has 16 heavy (non-hydrogen) atoms. The van der Waals surface area contributed by atoms with Gasteiger partial charge in [0, 0.05) is 17.8 Å². The third kappa shape index (κ3) is 2.19. The maximum absolute atomic E-state index is 11.3. The molecule has 0 spiro atoms. The van der Waals surface area contributed by atoms with Gasteiger partial charge in [0.05, 0.1) is 0 Å². The zero-order chi connectivity index (χ0) is 11.5. The van der Waals surface area contributed by atoms with Crippen LogP contribution >= 0.6 is 0 Å². The highest BCUT2D eigenvalue weighted by molar-refractivity contribution is 5.21. The fraction of sp³-hybridized carbons (Fsp3) is 0.615. The molecule has 0 bridgehead atoms. The topological polar surface area (TPSA) is 36.1 Å². The highest BCUT2D eigenvalue weighted by Crippen LogP contribution is 2.31. The molecule has 1 aromatic rings. The Morgan fingerprint density at radius 2 is 2.38 bits per heavy atom. The van der Waals surface area contributed by atoms with Crippen LogP contribution in [0.3, 0.4) is 0 Å². The van der Waals surface area contributed by atoms with E-state index >= 15 is 0 Å². The first kappa shape index (κ1) is 11.4. The molecule has 1 aliphatic rings. The van der Waals surface area contributed by atoms with Gasteiger partial charge < -0.3 is 4.98 Å². The van der Waals surface area contributed by atoms with Gasteiger partial charge in [-0.2, -0.15) is 0 Å². The second kappa shape index (κ2) is 4.83. The summed E-state index contributed by atoms with van der Waals surface area (Å²) >= 11 is 0. The standard InChI is InChI=1S/C13H20N2O/c1-3-6-15-7-4-5-12(15)11-8-10(2)13(16)14-9-11/h8-9,12H,3-7H2,1-2H3,(H,14,16)/t12-/m0/s1. The lowest BCUT2D eigenvalue weighted by Crippen LogP contribution is -2.25. The number of rotatable bonds is 3. The van der Waals surface area contributed by atoms with Crippen LogP contribution in [0.25, 0.3) is 0 Å². The molecule has 1 aliphatic heterocycles. The van der Waals surface area contributed by atoms with E-state index in [4.69, 9.17) is 0 Å². The summed E-state index contributed by atoms with van der Waals surface area (Å²) in [6, 6.07) is 2.55. The third-order valence-electron chi connectivity index (χ3n) is 3.37. The first-order valence-corrected chi connectivity index (χ1v) is 6.15. The van der Waals surface area contributed by atoms with Crippen molar-refractivity contribution in [2.24, 2.45) is 0 Å². The van der Waals surface area contributed by atoms with Crippen LogP contribution < -0.4 is 5.56 Å². The van der Waals surface area contributed by atoms with Gasteiger partial charge in [0.15, 0.2) is 0 Å². The van der Waals surface area contributed by atoms with E-state index in [-0.39, 0.29) is 5.56 Å². The van der Waals surface area contributed by atoms with Crippen molar-refractivity contribution in [2.75, 3.05) is 13.1 Å². The van der Waals surface area contributed by atoms with Crippen molar-refractivity contribution < 1.29 is 0 Å². The number of aromatic amines is 1. The number of hydrogen-bond donors (Lipinski definition) is 1. The normalized spacial score (nSPS) is 21.5. The molecule has 3 nitrogen and oxygen atoms in total. The fourth-order valence-electron chi connectivity index (χ4n) is 2.57. The zero-order valence-corrected chi connectivity index (χ0v) is 10.1. The predicted octanol–water partition coefficient (Wildman–Crippen LogP) is 2.23. The molecule has 2 heterocycles. The number of nitrogens with zero attached hydrogens (tertiary/aromatic N) is 1. The summed E-state index contributed by atoms with van der Waals surface area (Å²) in [6.07, 6.45) is 5.56. The van der Waals surface area contributed by atoms with Crippen molar-refractivity contribution in [3.05, 3.63) is 33.7 Å². The van der Waals surface area contributed by atoms with Gasteiger partial charge >= 0.3 is 0 Å². The molecular formula is C13H20N2O. The minimum atomic E-state index is 0.0313. The molecule has 88 valence electrons. The maximum Gasteiger partial charge on any atom is 0.250 e. The number of nitrogens with one attached hydrogen (secondary N) is 1. The molecule has 2 rings (SSSR count). The lowest BCUT2D eigenvalue weighted by molar-refractivity contribution is 0.257. The largest absolute Gasteiger partial charge is 0.329 e. The molecule has 1 N–H and O–H groups in total. The third-order valence-corrected chi connectivity index (χ3v) is 3.37. The SMILES string of the molecule is CCCN1CCC[C@H]1c1c[nH]c(=O)c(C)c1. The van der Waals surface area contributed by atoms with Crippen molar-refractivity contribution in [3.8, 4) is 0 Å². The zero-order valence-electron chi connectivity index (χ0n) is 10.1. The van der Waals surface area contributed by atoms with E-state index in [0.29, 0.717) is 6.04 Å². The molecule has 0 aromatic carbocycles. The highest BCUT2D eigenvalue weighted by atomic mass is 16.1. The molecule has 1 atom stereocenters. The molecule has 0 amide bonds. The number of hydrogen-bond acceptors (Lipinski definition) is 2. The molecule has 0 radical (unpaired) electrons. The lowest BCUT2D eigenvalue weighted by atomic mass is 10.1. The predicted molar refractivity (Wildman–Crippen MR) is 65.6 cm³/mol. The van der Waals surface area contributed by atoms with E-state index in [1.54, 1.807) is 0 Å². The van der Waals surface area contributed by atoms with Crippen LogP contribution in [-0.2, 0) is 0 Å². The number of likely N-dealkylation sites (tertiary alicyclic amines) is 1. The second-order valence-corrected chi connectivity index (χ2v) is 4.64. The van der Waals surface area contributed by atoms with Crippen LogP contribution in [0.5, 0.6) is 0 Å². The number of pyridine rings is 1. The van der Waals surface area contributed by atoms with Gasteiger partial charge in [0.2, 0.25) is 0 Å². The number of aromatic nitrogens is 1. The summed E-state index contributed by atoms with van der Waals surface area (Å²) in [7, 11) is 0. The quantitative estimate of drug-likeness (QED) is 0.848. The summed E-state index contributed by atoms with van der Waals surface area (Å²) in [5.41, 5.74) is 2.12. The first-order valence-electron chi connectivity index (χ1n) is 6.15. The van der Waals surface area contributed by atoms with Crippen LogP contribution in [0.1, 0.15) is 43.4 Å². The molecule has 1 fully saturated rings. The monoisotopic (exact) mass is 220 g/mol. The summed E-state index contributed by atoms with van der Waals surface area (Å²) in [4.78, 5) is 16.7. The van der Waals surface area contributed by atoms with Crippen LogP contribution in [0.4, 0.5) is 0 Å². The summed E-state index contributed by atoms with van der Waals surface area (Å²) in [6.45, 7) is 6.44. The number of H-pyrrole nitrogens is 1. The lowest BCUT2D eigenvalue weighted by Gasteiger charge is -2.24. The van der Waals surface area contributed by atoms with E-state index in [1.165, 1.54) is 31.4 Å². The summed E-state index contributed by atoms with van der Waals surface area (Å²) < 4.78 is 0. The van der Waals surface area contributed by atoms with Crippen molar-refractivity contribution in [1.29, 1.82) is 0 Å². The van der Waals surface area contributed by atoms with Crippen molar-refractivity contribution in [3.63, 3.8) is 0 Å². The Hall–Kier alpha value is -1.09. The summed E-state index contributed by atoms with van der Waals surface area (Å²) in [5, 5.41) is 0. The van der Waals surface area contributed by atoms with Gasteiger partial charge in [0.1, 0.15) is 0 Å².